The molecule has 0 aliphatic carbocycles. The number of hydrogen-bond acceptors (Lipinski definition) is 3. The fraction of sp³-hybridized carbons (Fsp3) is 0.333. The number of nitrogens with two attached hydrogens (primary N) is 2. The van der Waals surface area contributed by atoms with E-state index in [9.17, 15) is 0 Å². The van der Waals surface area contributed by atoms with Gasteiger partial charge in [-0.05, 0) is 26.0 Å². The zero-order valence-electron chi connectivity index (χ0n) is 8.09. The standard InChI is InChI=1S/C9H13Cl2N3/c1-5(2)14(13)9-7(11)3-6(10)4-8(9)12/h3-5H,12-13H2,1-2H3. The minimum atomic E-state index is 0.121. The van der Waals surface area contributed by atoms with Crippen LogP contribution in [0.2, 0.25) is 10.0 Å². The maximum Gasteiger partial charge on any atom is 0.0937 e. The average Bonchev–Trinajstić information content (AvgIpc) is 2.01. The Balaban J connectivity index is 3.20. The molecule has 0 aliphatic rings. The molecule has 0 unspecified atom stereocenters. The minimum Gasteiger partial charge on any atom is -0.397 e. The lowest BCUT2D eigenvalue weighted by Gasteiger charge is -2.25. The van der Waals surface area contributed by atoms with E-state index in [2.05, 4.69) is 0 Å². The molecular weight excluding hydrogens is 221 g/mol. The Morgan fingerprint density at radius 1 is 1.29 bits per heavy atom. The molecule has 0 fully saturated rings. The number of hydrazine groups is 1. The van der Waals surface area contributed by atoms with Gasteiger partial charge in [0.1, 0.15) is 0 Å². The molecule has 0 amide bonds. The van der Waals surface area contributed by atoms with Crippen molar-refractivity contribution in [3.63, 3.8) is 0 Å². The molecule has 5 heteroatoms. The van der Waals surface area contributed by atoms with Gasteiger partial charge >= 0.3 is 0 Å². The molecule has 0 saturated heterocycles. The molecule has 0 radical (unpaired) electrons. The van der Waals surface area contributed by atoms with Gasteiger partial charge in [-0.15, -0.1) is 0 Å². The predicted molar refractivity (Wildman–Crippen MR) is 62.7 cm³/mol. The third kappa shape index (κ3) is 2.23. The summed E-state index contributed by atoms with van der Waals surface area (Å²) in [4.78, 5) is 0. The number of halogens is 2. The zero-order valence-corrected chi connectivity index (χ0v) is 9.60. The van der Waals surface area contributed by atoms with Crippen LogP contribution in [-0.2, 0) is 0 Å². The number of nitrogen functional groups attached to an aromatic ring is 1. The van der Waals surface area contributed by atoms with Gasteiger partial charge in [0.05, 0.1) is 16.4 Å². The summed E-state index contributed by atoms with van der Waals surface area (Å²) >= 11 is 11.8. The topological polar surface area (TPSA) is 55.3 Å². The van der Waals surface area contributed by atoms with Crippen LogP contribution >= 0.6 is 23.2 Å². The SMILES string of the molecule is CC(C)N(N)c1c(N)cc(Cl)cc1Cl. The van der Waals surface area contributed by atoms with Crippen molar-refractivity contribution in [3.05, 3.63) is 22.2 Å². The molecule has 0 bridgehead atoms. The molecule has 78 valence electrons. The Bertz CT molecular complexity index is 316. The van der Waals surface area contributed by atoms with E-state index < -0.39 is 0 Å². The molecule has 0 saturated carbocycles. The van der Waals surface area contributed by atoms with Crippen molar-refractivity contribution in [1.29, 1.82) is 0 Å². The number of rotatable bonds is 2. The fourth-order valence-electron chi connectivity index (χ4n) is 1.12. The molecule has 1 aromatic carbocycles. The van der Waals surface area contributed by atoms with E-state index in [-0.39, 0.29) is 6.04 Å². The maximum absolute atomic E-state index is 5.99. The lowest BCUT2D eigenvalue weighted by molar-refractivity contribution is 0.712. The van der Waals surface area contributed by atoms with E-state index in [4.69, 9.17) is 34.8 Å². The zero-order chi connectivity index (χ0) is 10.9. The van der Waals surface area contributed by atoms with Gasteiger partial charge in [-0.1, -0.05) is 23.2 Å². The summed E-state index contributed by atoms with van der Waals surface area (Å²) < 4.78 is 0. The average molecular weight is 234 g/mol. The fourth-order valence-corrected chi connectivity index (χ4v) is 1.72. The summed E-state index contributed by atoms with van der Waals surface area (Å²) in [6, 6.07) is 3.37. The second kappa shape index (κ2) is 4.26. The molecule has 1 aromatic rings. The molecule has 0 aromatic heterocycles. The minimum absolute atomic E-state index is 0.121. The molecule has 14 heavy (non-hydrogen) atoms. The first-order valence-corrected chi connectivity index (χ1v) is 4.97. The van der Waals surface area contributed by atoms with Crippen molar-refractivity contribution in [2.24, 2.45) is 5.84 Å². The Morgan fingerprint density at radius 2 is 1.86 bits per heavy atom. The third-order valence-electron chi connectivity index (χ3n) is 1.87. The molecule has 0 atom stereocenters. The largest absolute Gasteiger partial charge is 0.397 e. The maximum atomic E-state index is 5.99. The van der Waals surface area contributed by atoms with Crippen LogP contribution in [0.3, 0.4) is 0 Å². The normalized spacial score (nSPS) is 10.7. The van der Waals surface area contributed by atoms with Crippen molar-refractivity contribution in [1.82, 2.24) is 0 Å². The van der Waals surface area contributed by atoms with Crippen LogP contribution in [0.4, 0.5) is 11.4 Å². The second-order valence-corrected chi connectivity index (χ2v) is 4.17. The molecule has 0 spiro atoms. The first-order chi connectivity index (χ1) is 6.43. The van der Waals surface area contributed by atoms with Gasteiger partial charge in [-0.2, -0.15) is 0 Å². The quantitative estimate of drug-likeness (QED) is 0.470. The van der Waals surface area contributed by atoms with E-state index >= 15 is 0 Å². The van der Waals surface area contributed by atoms with Gasteiger partial charge in [0.2, 0.25) is 0 Å². The predicted octanol–water partition coefficient (Wildman–Crippen LogP) is 2.66. The van der Waals surface area contributed by atoms with E-state index in [0.29, 0.717) is 21.4 Å². The van der Waals surface area contributed by atoms with Crippen molar-refractivity contribution in [2.45, 2.75) is 19.9 Å². The van der Waals surface area contributed by atoms with Crippen molar-refractivity contribution < 1.29 is 0 Å². The second-order valence-electron chi connectivity index (χ2n) is 3.33. The Labute approximate surface area is 93.5 Å². The molecule has 0 aliphatic heterocycles. The van der Waals surface area contributed by atoms with Gasteiger partial charge in [0, 0.05) is 11.1 Å². The Hall–Kier alpha value is -0.640. The van der Waals surface area contributed by atoms with Crippen LogP contribution in [-0.4, -0.2) is 6.04 Å². The first-order valence-electron chi connectivity index (χ1n) is 4.22. The summed E-state index contributed by atoms with van der Waals surface area (Å²) in [6.07, 6.45) is 0. The molecular formula is C9H13Cl2N3. The van der Waals surface area contributed by atoms with Crippen LogP contribution < -0.4 is 16.6 Å². The van der Waals surface area contributed by atoms with Crippen molar-refractivity contribution in [2.75, 3.05) is 10.7 Å². The monoisotopic (exact) mass is 233 g/mol. The summed E-state index contributed by atoms with van der Waals surface area (Å²) in [5.74, 6) is 5.82. The van der Waals surface area contributed by atoms with Gasteiger partial charge in [-0.3, -0.25) is 0 Å². The van der Waals surface area contributed by atoms with E-state index in [1.165, 1.54) is 5.01 Å². The van der Waals surface area contributed by atoms with E-state index in [1.807, 2.05) is 13.8 Å². The van der Waals surface area contributed by atoms with Crippen LogP contribution in [0, 0.1) is 0 Å². The highest BCUT2D eigenvalue weighted by Gasteiger charge is 2.14. The third-order valence-corrected chi connectivity index (χ3v) is 2.38. The van der Waals surface area contributed by atoms with Gasteiger partial charge < -0.3 is 10.7 Å². The van der Waals surface area contributed by atoms with Gasteiger partial charge in [-0.25, -0.2) is 5.84 Å². The Morgan fingerprint density at radius 3 is 2.29 bits per heavy atom. The highest BCUT2D eigenvalue weighted by molar-refractivity contribution is 6.37. The van der Waals surface area contributed by atoms with Crippen LogP contribution in [0.25, 0.3) is 0 Å². The van der Waals surface area contributed by atoms with Gasteiger partial charge in [0.15, 0.2) is 0 Å². The Kier molecular flexibility index (Phi) is 3.48. The van der Waals surface area contributed by atoms with Crippen molar-refractivity contribution in [3.8, 4) is 0 Å². The highest BCUT2D eigenvalue weighted by Crippen LogP contribution is 2.34. The van der Waals surface area contributed by atoms with Crippen LogP contribution in [0.15, 0.2) is 12.1 Å². The molecule has 4 N–H and O–H groups in total. The summed E-state index contributed by atoms with van der Waals surface area (Å²) in [5.41, 5.74) is 6.87. The number of anilines is 2. The first kappa shape index (κ1) is 11.4. The van der Waals surface area contributed by atoms with E-state index in [1.54, 1.807) is 12.1 Å². The molecule has 3 nitrogen and oxygen atoms in total. The highest BCUT2D eigenvalue weighted by atomic mass is 35.5. The smallest absolute Gasteiger partial charge is 0.0937 e. The van der Waals surface area contributed by atoms with Crippen molar-refractivity contribution >= 4 is 34.6 Å². The van der Waals surface area contributed by atoms with Crippen LogP contribution in [0.1, 0.15) is 13.8 Å². The number of hydrogen-bond donors (Lipinski definition) is 2. The number of nitrogens with zero attached hydrogens (tertiary/aromatic N) is 1. The van der Waals surface area contributed by atoms with Crippen LogP contribution in [0.5, 0.6) is 0 Å². The lowest BCUT2D eigenvalue weighted by Crippen LogP contribution is -2.38. The molecule has 1 rings (SSSR count). The summed E-state index contributed by atoms with van der Waals surface area (Å²) in [7, 11) is 0. The number of benzene rings is 1. The van der Waals surface area contributed by atoms with Gasteiger partial charge in [0.25, 0.3) is 0 Å². The van der Waals surface area contributed by atoms with E-state index in [0.717, 1.165) is 0 Å². The molecule has 0 heterocycles. The lowest BCUT2D eigenvalue weighted by atomic mass is 10.2. The summed E-state index contributed by atoms with van der Waals surface area (Å²) in [6.45, 7) is 3.90. The summed E-state index contributed by atoms with van der Waals surface area (Å²) in [5, 5.41) is 2.49.